The summed E-state index contributed by atoms with van der Waals surface area (Å²) in [6, 6.07) is 0. The van der Waals surface area contributed by atoms with Crippen molar-refractivity contribution in [1.82, 2.24) is 19.5 Å². The summed E-state index contributed by atoms with van der Waals surface area (Å²) >= 11 is 0. The van der Waals surface area contributed by atoms with Gasteiger partial charge in [-0.25, -0.2) is 9.97 Å². The standard InChI is InChI=1S/C25H44N4O7SSi2/c1-14(2)38(15(3)4)32-12-20-22(35-39(36-38,16(5)6)17(7)8)18(9)25(33-20)29-13-26-21-23(29)27-19(10)28-24(21)34-37(11,30)31/h13-18,20,22,25H,12H2,1-11H3/t18?,20-,22-,25-/m1/s1. The Balaban J connectivity index is 1.79. The van der Waals surface area contributed by atoms with Crippen LogP contribution in [0.2, 0.25) is 22.2 Å². The lowest BCUT2D eigenvalue weighted by molar-refractivity contribution is -0.0549. The summed E-state index contributed by atoms with van der Waals surface area (Å²) < 4.78 is 58.7. The summed E-state index contributed by atoms with van der Waals surface area (Å²) in [5, 5.41) is 0. The van der Waals surface area contributed by atoms with E-state index in [0.29, 0.717) is 18.1 Å². The molecule has 39 heavy (non-hydrogen) atoms. The summed E-state index contributed by atoms with van der Waals surface area (Å²) in [6.45, 7) is 21.7. The predicted molar refractivity (Wildman–Crippen MR) is 152 cm³/mol. The molecular weight excluding hydrogens is 557 g/mol. The Morgan fingerprint density at radius 2 is 1.59 bits per heavy atom. The van der Waals surface area contributed by atoms with Crippen molar-refractivity contribution in [3.8, 4) is 5.88 Å². The van der Waals surface area contributed by atoms with E-state index in [0.717, 1.165) is 6.26 Å². The fourth-order valence-corrected chi connectivity index (χ4v) is 17.7. The minimum absolute atomic E-state index is 0.0919. The highest BCUT2D eigenvalue weighted by Gasteiger charge is 2.61. The SMILES string of the molecule is Cc1nc(OS(C)(=O)=O)c2ncn([C@@H]3O[C@@H]4CO[Si](C(C)C)(C(C)C)O[Si](C(C)C)(C(C)C)O[C@@H]4C3C)c2n1. The zero-order chi connectivity index (χ0) is 29.1. The van der Waals surface area contributed by atoms with Crippen molar-refractivity contribution in [2.24, 2.45) is 5.92 Å². The summed E-state index contributed by atoms with van der Waals surface area (Å²) in [6.07, 6.45) is 1.54. The zero-order valence-corrected chi connectivity index (χ0v) is 27.8. The minimum atomic E-state index is -3.80. The Morgan fingerprint density at radius 1 is 1.00 bits per heavy atom. The normalized spacial score (nSPS) is 27.4. The van der Waals surface area contributed by atoms with E-state index in [1.165, 1.54) is 0 Å². The van der Waals surface area contributed by atoms with Crippen LogP contribution in [0, 0.1) is 12.8 Å². The second-order valence-corrected chi connectivity index (χ2v) is 22.6. The summed E-state index contributed by atoms with van der Waals surface area (Å²) in [5.74, 6) is 0.174. The quantitative estimate of drug-likeness (QED) is 0.318. The van der Waals surface area contributed by atoms with Crippen molar-refractivity contribution in [1.29, 1.82) is 0 Å². The second-order valence-electron chi connectivity index (χ2n) is 12.2. The van der Waals surface area contributed by atoms with Crippen LogP contribution < -0.4 is 4.18 Å². The first-order valence-electron chi connectivity index (χ1n) is 13.8. The molecule has 2 saturated heterocycles. The molecule has 4 atom stereocenters. The fourth-order valence-electron chi connectivity index (χ4n) is 6.04. The molecule has 4 rings (SSSR count). The van der Waals surface area contributed by atoms with Crippen LogP contribution in [0.3, 0.4) is 0 Å². The first-order valence-corrected chi connectivity index (χ1v) is 19.6. The molecule has 0 amide bonds. The van der Waals surface area contributed by atoms with Gasteiger partial charge in [-0.3, -0.25) is 4.57 Å². The highest BCUT2D eigenvalue weighted by atomic mass is 32.2. The van der Waals surface area contributed by atoms with Crippen LogP contribution in [0.5, 0.6) is 5.88 Å². The van der Waals surface area contributed by atoms with Crippen LogP contribution in [-0.2, 0) is 27.8 Å². The Morgan fingerprint density at radius 3 is 2.13 bits per heavy atom. The molecule has 2 aliphatic rings. The number of rotatable bonds is 7. The summed E-state index contributed by atoms with van der Waals surface area (Å²) in [7, 11) is -9.29. The van der Waals surface area contributed by atoms with Gasteiger partial charge < -0.3 is 21.9 Å². The lowest BCUT2D eigenvalue weighted by atomic mass is 10.0. The van der Waals surface area contributed by atoms with Gasteiger partial charge in [0.25, 0.3) is 5.88 Å². The lowest BCUT2D eigenvalue weighted by Crippen LogP contribution is -2.65. The van der Waals surface area contributed by atoms with Crippen molar-refractivity contribution in [3.63, 3.8) is 0 Å². The molecule has 14 heteroatoms. The number of fused-ring (bicyclic) bond motifs is 2. The highest BCUT2D eigenvalue weighted by Crippen LogP contribution is 2.49. The van der Waals surface area contributed by atoms with Crippen LogP contribution >= 0.6 is 0 Å². The molecule has 0 spiro atoms. The van der Waals surface area contributed by atoms with E-state index in [9.17, 15) is 8.42 Å². The number of nitrogens with zero attached hydrogens (tertiary/aromatic N) is 4. The third-order valence-electron chi connectivity index (χ3n) is 7.99. The van der Waals surface area contributed by atoms with Gasteiger partial charge >= 0.3 is 27.2 Å². The molecule has 0 aliphatic carbocycles. The number of imidazole rings is 1. The Labute approximate surface area is 234 Å². The van der Waals surface area contributed by atoms with Gasteiger partial charge in [-0.05, 0) is 29.1 Å². The van der Waals surface area contributed by atoms with Crippen LogP contribution in [0.4, 0.5) is 0 Å². The van der Waals surface area contributed by atoms with Crippen molar-refractivity contribution >= 4 is 38.4 Å². The van der Waals surface area contributed by atoms with Gasteiger partial charge in [0.1, 0.15) is 18.2 Å². The van der Waals surface area contributed by atoms with Gasteiger partial charge in [-0.15, -0.1) is 0 Å². The van der Waals surface area contributed by atoms with Gasteiger partial charge in [-0.2, -0.15) is 13.4 Å². The molecule has 2 aromatic heterocycles. The second kappa shape index (κ2) is 10.8. The van der Waals surface area contributed by atoms with Gasteiger partial charge in [-0.1, -0.05) is 62.3 Å². The lowest BCUT2D eigenvalue weighted by Gasteiger charge is -2.51. The molecule has 0 bridgehead atoms. The molecule has 0 N–H and O–H groups in total. The maximum Gasteiger partial charge on any atom is 0.335 e. The molecule has 2 aliphatic heterocycles. The van der Waals surface area contributed by atoms with Crippen LogP contribution in [0.1, 0.15) is 74.4 Å². The van der Waals surface area contributed by atoms with E-state index in [2.05, 4.69) is 77.3 Å². The average Bonchev–Trinajstić information content (AvgIpc) is 3.32. The van der Waals surface area contributed by atoms with Crippen molar-refractivity contribution in [2.75, 3.05) is 12.9 Å². The first-order chi connectivity index (χ1) is 18.0. The maximum atomic E-state index is 11.8. The molecule has 2 aromatic rings. The van der Waals surface area contributed by atoms with Crippen LogP contribution in [0.25, 0.3) is 11.2 Å². The zero-order valence-electron chi connectivity index (χ0n) is 25.0. The molecular formula is C25H44N4O7SSi2. The van der Waals surface area contributed by atoms with E-state index in [1.807, 2.05) is 4.57 Å². The highest BCUT2D eigenvalue weighted by molar-refractivity contribution is 7.86. The monoisotopic (exact) mass is 600 g/mol. The predicted octanol–water partition coefficient (Wildman–Crippen LogP) is 4.96. The third kappa shape index (κ3) is 5.45. The topological polar surface area (TPSA) is 124 Å². The smallest absolute Gasteiger partial charge is 0.335 e. The van der Waals surface area contributed by atoms with Crippen molar-refractivity contribution in [3.05, 3.63) is 12.2 Å². The molecule has 220 valence electrons. The number of ether oxygens (including phenoxy) is 1. The Kier molecular flexibility index (Phi) is 8.43. The van der Waals surface area contributed by atoms with E-state index >= 15 is 0 Å². The fraction of sp³-hybridized carbons (Fsp3) is 0.800. The first kappa shape index (κ1) is 30.5. The average molecular weight is 601 g/mol. The molecule has 1 unspecified atom stereocenters. The van der Waals surface area contributed by atoms with Crippen molar-refractivity contribution in [2.45, 2.75) is 110 Å². The van der Waals surface area contributed by atoms with Gasteiger partial charge in [0.15, 0.2) is 11.2 Å². The largest absolute Gasteiger partial charge is 0.414 e. The number of hydrogen-bond donors (Lipinski definition) is 0. The molecule has 0 saturated carbocycles. The molecule has 2 fully saturated rings. The molecule has 11 nitrogen and oxygen atoms in total. The van der Waals surface area contributed by atoms with E-state index in [-0.39, 0.29) is 51.7 Å². The van der Waals surface area contributed by atoms with Gasteiger partial charge in [0.2, 0.25) is 0 Å². The van der Waals surface area contributed by atoms with Crippen molar-refractivity contribution < 1.29 is 30.3 Å². The molecule has 0 aromatic carbocycles. The van der Waals surface area contributed by atoms with Crippen LogP contribution in [-0.4, -0.2) is 70.1 Å². The summed E-state index contributed by atoms with van der Waals surface area (Å²) in [5.41, 5.74) is 1.58. The molecule has 4 heterocycles. The van der Waals surface area contributed by atoms with Gasteiger partial charge in [0.05, 0.1) is 25.3 Å². The maximum absolute atomic E-state index is 11.8. The van der Waals surface area contributed by atoms with E-state index < -0.39 is 33.5 Å². The molecule has 0 radical (unpaired) electrons. The minimum Gasteiger partial charge on any atom is -0.414 e. The van der Waals surface area contributed by atoms with Crippen LogP contribution in [0.15, 0.2) is 6.33 Å². The number of hydrogen-bond acceptors (Lipinski definition) is 10. The number of aryl methyl sites for hydroxylation is 1. The Bertz CT molecular complexity index is 1280. The van der Waals surface area contributed by atoms with Gasteiger partial charge in [0, 0.05) is 5.92 Å². The third-order valence-corrected chi connectivity index (χ3v) is 18.7. The summed E-state index contributed by atoms with van der Waals surface area (Å²) in [4.78, 5) is 13.2. The van der Waals surface area contributed by atoms with E-state index in [1.54, 1.807) is 13.3 Å². The Hall–Kier alpha value is -1.43. The van der Waals surface area contributed by atoms with E-state index in [4.69, 9.17) is 21.9 Å². The number of aromatic nitrogens is 4.